The molecule has 28 heavy (non-hydrogen) atoms. The lowest BCUT2D eigenvalue weighted by Gasteiger charge is -2.17. The number of aryl methyl sites for hydroxylation is 2. The van der Waals surface area contributed by atoms with E-state index in [1.54, 1.807) is 11.8 Å². The molecule has 4 rings (SSSR count). The lowest BCUT2D eigenvalue weighted by Crippen LogP contribution is -2.29. The minimum absolute atomic E-state index is 0.0409. The first-order valence-corrected chi connectivity index (χ1v) is 9.68. The Bertz CT molecular complexity index is 1020. The van der Waals surface area contributed by atoms with Crippen molar-refractivity contribution in [1.82, 2.24) is 14.7 Å². The van der Waals surface area contributed by atoms with E-state index in [1.807, 2.05) is 41.3 Å². The monoisotopic (exact) mass is 375 g/mol. The predicted molar refractivity (Wildman–Crippen MR) is 110 cm³/mol. The van der Waals surface area contributed by atoms with Crippen LogP contribution in [-0.4, -0.2) is 40.8 Å². The number of hydrogen-bond acceptors (Lipinski definition) is 3. The molecule has 5 heteroatoms. The van der Waals surface area contributed by atoms with Crippen molar-refractivity contribution >= 4 is 5.91 Å². The van der Waals surface area contributed by atoms with Gasteiger partial charge in [-0.1, -0.05) is 29.8 Å². The molecule has 144 valence electrons. The average Bonchev–Trinajstić information content (AvgIpc) is 3.38. The van der Waals surface area contributed by atoms with Gasteiger partial charge in [-0.15, -0.1) is 0 Å². The predicted octanol–water partition coefficient (Wildman–Crippen LogP) is 4.40. The fourth-order valence-corrected chi connectivity index (χ4v) is 3.77. The van der Waals surface area contributed by atoms with E-state index >= 15 is 0 Å². The van der Waals surface area contributed by atoms with Gasteiger partial charge in [0.2, 0.25) is 0 Å². The number of rotatable bonds is 4. The molecule has 1 saturated heterocycles. The maximum absolute atomic E-state index is 13.2. The largest absolute Gasteiger partial charge is 0.497 e. The van der Waals surface area contributed by atoms with Crippen molar-refractivity contribution in [3.05, 3.63) is 65.4 Å². The van der Waals surface area contributed by atoms with Crippen molar-refractivity contribution in [3.8, 4) is 22.7 Å². The molecule has 1 aromatic heterocycles. The van der Waals surface area contributed by atoms with Gasteiger partial charge >= 0.3 is 0 Å². The van der Waals surface area contributed by atoms with E-state index in [9.17, 15) is 4.79 Å². The van der Waals surface area contributed by atoms with Gasteiger partial charge in [-0.05, 0) is 56.5 Å². The summed E-state index contributed by atoms with van der Waals surface area (Å²) in [6.07, 6.45) is 2.12. The van der Waals surface area contributed by atoms with Crippen molar-refractivity contribution in [2.24, 2.45) is 0 Å². The maximum atomic E-state index is 13.2. The number of amides is 1. The molecular formula is C23H25N3O2. The van der Waals surface area contributed by atoms with Gasteiger partial charge in [-0.25, -0.2) is 4.68 Å². The number of methoxy groups -OCH3 is 1. The quantitative estimate of drug-likeness (QED) is 0.679. The van der Waals surface area contributed by atoms with Gasteiger partial charge in [0, 0.05) is 18.7 Å². The van der Waals surface area contributed by atoms with Crippen LogP contribution in [0.1, 0.15) is 34.5 Å². The molecule has 1 aliphatic rings. The standard InChI is InChI=1S/C23H25N3O2/c1-16-9-10-21(17(2)13-16)26-22(23(27)25-11-4-5-12-25)15-20(24-26)18-7-6-8-19(14-18)28-3/h6-10,13-15H,4-5,11-12H2,1-3H3. The molecule has 0 atom stereocenters. The van der Waals surface area contributed by atoms with Crippen LogP contribution < -0.4 is 4.74 Å². The molecule has 0 aliphatic carbocycles. The molecule has 1 amide bonds. The number of ether oxygens (including phenoxy) is 1. The Morgan fingerprint density at radius 3 is 2.54 bits per heavy atom. The third kappa shape index (κ3) is 3.40. The fraction of sp³-hybridized carbons (Fsp3) is 0.304. The van der Waals surface area contributed by atoms with E-state index in [4.69, 9.17) is 9.84 Å². The van der Waals surface area contributed by atoms with Crippen LogP contribution in [0.25, 0.3) is 16.9 Å². The van der Waals surface area contributed by atoms with E-state index in [2.05, 4.69) is 26.0 Å². The smallest absolute Gasteiger partial charge is 0.272 e. The fourth-order valence-electron chi connectivity index (χ4n) is 3.77. The van der Waals surface area contributed by atoms with Gasteiger partial charge in [-0.3, -0.25) is 4.79 Å². The zero-order chi connectivity index (χ0) is 19.7. The Balaban J connectivity index is 1.84. The van der Waals surface area contributed by atoms with Crippen molar-refractivity contribution < 1.29 is 9.53 Å². The Hall–Kier alpha value is -3.08. The van der Waals surface area contributed by atoms with E-state index in [0.29, 0.717) is 5.69 Å². The third-order valence-corrected chi connectivity index (χ3v) is 5.27. The number of nitrogens with zero attached hydrogens (tertiary/aromatic N) is 3. The van der Waals surface area contributed by atoms with Gasteiger partial charge in [-0.2, -0.15) is 5.10 Å². The van der Waals surface area contributed by atoms with E-state index in [-0.39, 0.29) is 5.91 Å². The number of carbonyl (C=O) groups is 1. The third-order valence-electron chi connectivity index (χ3n) is 5.27. The minimum Gasteiger partial charge on any atom is -0.497 e. The van der Waals surface area contributed by atoms with Crippen LogP contribution in [0.15, 0.2) is 48.5 Å². The molecule has 0 saturated carbocycles. The van der Waals surface area contributed by atoms with Gasteiger partial charge in [0.15, 0.2) is 0 Å². The van der Waals surface area contributed by atoms with Crippen LogP contribution in [0.5, 0.6) is 5.75 Å². The first-order chi connectivity index (χ1) is 13.6. The zero-order valence-electron chi connectivity index (χ0n) is 16.6. The summed E-state index contributed by atoms with van der Waals surface area (Å²) in [5, 5.41) is 4.82. The topological polar surface area (TPSA) is 47.4 Å². The molecule has 1 aliphatic heterocycles. The zero-order valence-corrected chi connectivity index (χ0v) is 16.6. The number of aromatic nitrogens is 2. The minimum atomic E-state index is 0.0409. The summed E-state index contributed by atoms with van der Waals surface area (Å²) in [7, 11) is 1.65. The second kappa shape index (κ2) is 7.50. The van der Waals surface area contributed by atoms with E-state index in [1.165, 1.54) is 5.56 Å². The molecule has 0 N–H and O–H groups in total. The summed E-state index contributed by atoms with van der Waals surface area (Å²) in [5.74, 6) is 0.810. The van der Waals surface area contributed by atoms with Crippen LogP contribution in [0.2, 0.25) is 0 Å². The lowest BCUT2D eigenvalue weighted by atomic mass is 10.1. The van der Waals surface area contributed by atoms with Gasteiger partial charge in [0.05, 0.1) is 18.5 Å². The molecule has 1 fully saturated rings. The normalized spacial score (nSPS) is 13.8. The Kier molecular flexibility index (Phi) is 4.90. The molecule has 2 heterocycles. The number of likely N-dealkylation sites (tertiary alicyclic amines) is 1. The molecule has 5 nitrogen and oxygen atoms in total. The highest BCUT2D eigenvalue weighted by atomic mass is 16.5. The molecular weight excluding hydrogens is 350 g/mol. The van der Waals surface area contributed by atoms with Crippen LogP contribution in [0.3, 0.4) is 0 Å². The van der Waals surface area contributed by atoms with Gasteiger partial charge < -0.3 is 9.64 Å². The first kappa shape index (κ1) is 18.3. The van der Waals surface area contributed by atoms with E-state index in [0.717, 1.165) is 54.2 Å². The lowest BCUT2D eigenvalue weighted by molar-refractivity contribution is 0.0784. The maximum Gasteiger partial charge on any atom is 0.272 e. The summed E-state index contributed by atoms with van der Waals surface area (Å²) in [6, 6.07) is 15.9. The highest BCUT2D eigenvalue weighted by molar-refractivity contribution is 5.94. The first-order valence-electron chi connectivity index (χ1n) is 9.68. The summed E-state index contributed by atoms with van der Waals surface area (Å²) < 4.78 is 7.15. The molecule has 0 unspecified atom stereocenters. The molecule has 0 bridgehead atoms. The van der Waals surface area contributed by atoms with Crippen LogP contribution in [-0.2, 0) is 0 Å². The Morgan fingerprint density at radius 1 is 1.04 bits per heavy atom. The van der Waals surface area contributed by atoms with Crippen LogP contribution in [0, 0.1) is 13.8 Å². The Morgan fingerprint density at radius 2 is 1.82 bits per heavy atom. The van der Waals surface area contributed by atoms with Crippen molar-refractivity contribution in [2.45, 2.75) is 26.7 Å². The highest BCUT2D eigenvalue weighted by Gasteiger charge is 2.25. The Labute approximate surface area is 165 Å². The summed E-state index contributed by atoms with van der Waals surface area (Å²) in [4.78, 5) is 15.2. The van der Waals surface area contributed by atoms with Crippen LogP contribution in [0.4, 0.5) is 0 Å². The SMILES string of the molecule is COc1cccc(-c2cc(C(=O)N3CCCC3)n(-c3ccc(C)cc3C)n2)c1. The van der Waals surface area contributed by atoms with Crippen molar-refractivity contribution in [3.63, 3.8) is 0 Å². The average molecular weight is 375 g/mol. The van der Waals surface area contributed by atoms with Crippen LogP contribution >= 0.6 is 0 Å². The van der Waals surface area contributed by atoms with Crippen molar-refractivity contribution in [2.75, 3.05) is 20.2 Å². The number of hydrogen-bond donors (Lipinski definition) is 0. The molecule has 0 radical (unpaired) electrons. The highest BCUT2D eigenvalue weighted by Crippen LogP contribution is 2.27. The van der Waals surface area contributed by atoms with E-state index < -0.39 is 0 Å². The summed E-state index contributed by atoms with van der Waals surface area (Å²) in [6.45, 7) is 5.74. The van der Waals surface area contributed by atoms with Crippen molar-refractivity contribution in [1.29, 1.82) is 0 Å². The van der Waals surface area contributed by atoms with Gasteiger partial charge in [0.1, 0.15) is 11.4 Å². The van der Waals surface area contributed by atoms with Gasteiger partial charge in [0.25, 0.3) is 5.91 Å². The molecule has 2 aromatic carbocycles. The second-order valence-corrected chi connectivity index (χ2v) is 7.35. The number of benzene rings is 2. The summed E-state index contributed by atoms with van der Waals surface area (Å²) in [5.41, 5.74) is 5.51. The summed E-state index contributed by atoms with van der Waals surface area (Å²) >= 11 is 0. The second-order valence-electron chi connectivity index (χ2n) is 7.35. The molecule has 0 spiro atoms. The number of carbonyl (C=O) groups excluding carboxylic acids is 1. The molecule has 3 aromatic rings.